The highest BCUT2D eigenvalue weighted by atomic mass is 16.5. The zero-order valence-corrected chi connectivity index (χ0v) is 8.31. The first-order chi connectivity index (χ1) is 5.68. The molecule has 72 valence electrons. The molecule has 0 heterocycles. The molecule has 0 aromatic carbocycles. The van der Waals surface area contributed by atoms with Crippen LogP contribution in [0.5, 0.6) is 0 Å². The lowest BCUT2D eigenvalue weighted by atomic mass is 9.85. The largest absolute Gasteiger partial charge is 0.385 e. The number of hydrogen-bond donors (Lipinski definition) is 1. The van der Waals surface area contributed by atoms with Crippen LogP contribution in [-0.4, -0.2) is 20.3 Å². The van der Waals surface area contributed by atoms with Gasteiger partial charge in [0.05, 0.1) is 0 Å². The Kier molecular flexibility index (Phi) is 6.03. The van der Waals surface area contributed by atoms with Gasteiger partial charge in [-0.05, 0) is 18.3 Å². The van der Waals surface area contributed by atoms with Gasteiger partial charge in [-0.2, -0.15) is 0 Å². The van der Waals surface area contributed by atoms with Gasteiger partial charge >= 0.3 is 0 Å². The smallest absolute Gasteiger partial charge is 0.0462 e. The van der Waals surface area contributed by atoms with E-state index < -0.39 is 0 Å². The van der Waals surface area contributed by atoms with E-state index in [0.717, 1.165) is 25.9 Å². The molecule has 0 aromatic heterocycles. The van der Waals surface area contributed by atoms with Crippen LogP contribution in [0.1, 0.15) is 26.2 Å². The van der Waals surface area contributed by atoms with Crippen molar-refractivity contribution >= 4 is 0 Å². The second-order valence-electron chi connectivity index (χ2n) is 3.51. The van der Waals surface area contributed by atoms with Crippen LogP contribution in [0.15, 0.2) is 12.7 Å². The van der Waals surface area contributed by atoms with Gasteiger partial charge in [0.25, 0.3) is 0 Å². The van der Waals surface area contributed by atoms with Crippen LogP contribution in [0, 0.1) is 5.41 Å². The molecule has 0 saturated carbocycles. The summed E-state index contributed by atoms with van der Waals surface area (Å²) in [5.41, 5.74) is 5.75. The lowest BCUT2D eigenvalue weighted by Gasteiger charge is -2.23. The Morgan fingerprint density at radius 1 is 1.50 bits per heavy atom. The summed E-state index contributed by atoms with van der Waals surface area (Å²) in [7, 11) is 1.73. The summed E-state index contributed by atoms with van der Waals surface area (Å²) >= 11 is 0. The lowest BCUT2D eigenvalue weighted by Crippen LogP contribution is -2.24. The second kappa shape index (κ2) is 6.21. The molecule has 2 nitrogen and oxygen atoms in total. The maximum atomic E-state index is 5.63. The van der Waals surface area contributed by atoms with Crippen molar-refractivity contribution in [2.24, 2.45) is 11.1 Å². The van der Waals surface area contributed by atoms with E-state index in [2.05, 4.69) is 13.5 Å². The average Bonchev–Trinajstić information content (AvgIpc) is 2.12. The molecule has 0 saturated heterocycles. The maximum absolute atomic E-state index is 5.63. The van der Waals surface area contributed by atoms with E-state index in [4.69, 9.17) is 10.5 Å². The van der Waals surface area contributed by atoms with Crippen LogP contribution in [0.4, 0.5) is 0 Å². The normalized spacial score (nSPS) is 15.6. The molecule has 1 unspecified atom stereocenters. The van der Waals surface area contributed by atoms with Crippen molar-refractivity contribution in [3.63, 3.8) is 0 Å². The van der Waals surface area contributed by atoms with E-state index in [9.17, 15) is 0 Å². The first kappa shape index (κ1) is 11.7. The fourth-order valence-electron chi connectivity index (χ4n) is 1.06. The molecule has 0 radical (unpaired) electrons. The number of ether oxygens (including phenoxy) is 1. The minimum atomic E-state index is 0.119. The number of unbranched alkanes of at least 4 members (excludes halogenated alkanes) is 1. The predicted molar refractivity (Wildman–Crippen MR) is 53.1 cm³/mol. The van der Waals surface area contributed by atoms with Crippen molar-refractivity contribution in [1.29, 1.82) is 0 Å². The fourth-order valence-corrected chi connectivity index (χ4v) is 1.06. The SMILES string of the molecule is C=CC(C)(CN)CCCCOC. The summed E-state index contributed by atoms with van der Waals surface area (Å²) in [6, 6.07) is 0. The van der Waals surface area contributed by atoms with Crippen LogP contribution in [0.3, 0.4) is 0 Å². The molecule has 0 bridgehead atoms. The van der Waals surface area contributed by atoms with E-state index >= 15 is 0 Å². The van der Waals surface area contributed by atoms with Gasteiger partial charge in [-0.1, -0.05) is 19.4 Å². The summed E-state index contributed by atoms with van der Waals surface area (Å²) in [6.45, 7) is 7.47. The molecule has 2 heteroatoms. The third-order valence-electron chi connectivity index (χ3n) is 2.31. The van der Waals surface area contributed by atoms with Crippen molar-refractivity contribution in [2.75, 3.05) is 20.3 Å². The zero-order valence-electron chi connectivity index (χ0n) is 8.31. The van der Waals surface area contributed by atoms with E-state index in [-0.39, 0.29) is 5.41 Å². The van der Waals surface area contributed by atoms with Crippen LogP contribution in [-0.2, 0) is 4.74 Å². The molecule has 12 heavy (non-hydrogen) atoms. The summed E-state index contributed by atoms with van der Waals surface area (Å²) in [6.07, 6.45) is 5.34. The molecule has 0 spiro atoms. The Morgan fingerprint density at radius 3 is 2.58 bits per heavy atom. The highest BCUT2D eigenvalue weighted by molar-refractivity contribution is 4.91. The number of hydrogen-bond acceptors (Lipinski definition) is 2. The molecule has 0 aliphatic rings. The minimum Gasteiger partial charge on any atom is -0.385 e. The topological polar surface area (TPSA) is 35.2 Å². The quantitative estimate of drug-likeness (QED) is 0.469. The Morgan fingerprint density at radius 2 is 2.17 bits per heavy atom. The van der Waals surface area contributed by atoms with Gasteiger partial charge < -0.3 is 10.5 Å². The van der Waals surface area contributed by atoms with E-state index in [1.807, 2.05) is 6.08 Å². The molecule has 2 N–H and O–H groups in total. The van der Waals surface area contributed by atoms with Crippen molar-refractivity contribution < 1.29 is 4.74 Å². The molecule has 1 atom stereocenters. The average molecular weight is 171 g/mol. The summed E-state index contributed by atoms with van der Waals surface area (Å²) in [5.74, 6) is 0. The van der Waals surface area contributed by atoms with Crippen molar-refractivity contribution in [3.8, 4) is 0 Å². The van der Waals surface area contributed by atoms with Gasteiger partial charge in [0.2, 0.25) is 0 Å². The first-order valence-corrected chi connectivity index (χ1v) is 4.51. The van der Waals surface area contributed by atoms with E-state index in [0.29, 0.717) is 6.54 Å². The predicted octanol–water partition coefficient (Wildman–Crippen LogP) is 1.95. The Labute approximate surface area is 75.8 Å². The number of rotatable bonds is 7. The monoisotopic (exact) mass is 171 g/mol. The molecule has 0 aliphatic carbocycles. The molecule has 0 aliphatic heterocycles. The van der Waals surface area contributed by atoms with Gasteiger partial charge in [0.15, 0.2) is 0 Å². The Balaban J connectivity index is 3.51. The Bertz CT molecular complexity index is 125. The van der Waals surface area contributed by atoms with Gasteiger partial charge in [-0.15, -0.1) is 6.58 Å². The molecular weight excluding hydrogens is 150 g/mol. The first-order valence-electron chi connectivity index (χ1n) is 4.51. The van der Waals surface area contributed by atoms with Gasteiger partial charge in [-0.3, -0.25) is 0 Å². The number of methoxy groups -OCH3 is 1. The van der Waals surface area contributed by atoms with Crippen LogP contribution < -0.4 is 5.73 Å². The molecular formula is C10H21NO. The number of nitrogens with two attached hydrogens (primary N) is 1. The summed E-state index contributed by atoms with van der Waals surface area (Å²) in [4.78, 5) is 0. The van der Waals surface area contributed by atoms with Gasteiger partial charge in [0, 0.05) is 20.3 Å². The van der Waals surface area contributed by atoms with Crippen molar-refractivity contribution in [2.45, 2.75) is 26.2 Å². The van der Waals surface area contributed by atoms with Crippen molar-refractivity contribution in [1.82, 2.24) is 0 Å². The third-order valence-corrected chi connectivity index (χ3v) is 2.31. The van der Waals surface area contributed by atoms with E-state index in [1.54, 1.807) is 7.11 Å². The van der Waals surface area contributed by atoms with Gasteiger partial charge in [-0.25, -0.2) is 0 Å². The molecule has 0 aromatic rings. The zero-order chi connectivity index (χ0) is 9.45. The summed E-state index contributed by atoms with van der Waals surface area (Å²) in [5, 5.41) is 0. The summed E-state index contributed by atoms with van der Waals surface area (Å²) < 4.78 is 4.97. The van der Waals surface area contributed by atoms with Crippen molar-refractivity contribution in [3.05, 3.63) is 12.7 Å². The van der Waals surface area contributed by atoms with Crippen LogP contribution >= 0.6 is 0 Å². The lowest BCUT2D eigenvalue weighted by molar-refractivity contribution is 0.188. The van der Waals surface area contributed by atoms with Crippen LogP contribution in [0.2, 0.25) is 0 Å². The standard InChI is InChI=1S/C10H21NO/c1-4-10(2,9-11)7-5-6-8-12-3/h4H,1,5-9,11H2,2-3H3. The van der Waals surface area contributed by atoms with Crippen LogP contribution in [0.25, 0.3) is 0 Å². The third kappa shape index (κ3) is 4.52. The van der Waals surface area contributed by atoms with Gasteiger partial charge in [0.1, 0.15) is 0 Å². The molecule has 0 rings (SSSR count). The maximum Gasteiger partial charge on any atom is 0.0462 e. The molecule has 0 fully saturated rings. The van der Waals surface area contributed by atoms with E-state index in [1.165, 1.54) is 0 Å². The highest BCUT2D eigenvalue weighted by Gasteiger charge is 2.16. The molecule has 0 amide bonds. The second-order valence-corrected chi connectivity index (χ2v) is 3.51. The highest BCUT2D eigenvalue weighted by Crippen LogP contribution is 2.23. The minimum absolute atomic E-state index is 0.119. The Hall–Kier alpha value is -0.340. The fraction of sp³-hybridized carbons (Fsp3) is 0.800.